The molecule has 5 rings (SSSR count). The maximum Gasteiger partial charge on any atom is 0.170 e. The van der Waals surface area contributed by atoms with E-state index in [1.54, 1.807) is 0 Å². The normalized spacial score (nSPS) is 18.8. The summed E-state index contributed by atoms with van der Waals surface area (Å²) in [5.41, 5.74) is 1.79. The molecule has 3 aromatic carbocycles. The summed E-state index contributed by atoms with van der Waals surface area (Å²) in [6, 6.07) is 22.8. The van der Waals surface area contributed by atoms with Crippen LogP contribution in [0.4, 0.5) is 0 Å². The number of benzene rings is 3. The molecule has 3 nitrogen and oxygen atoms in total. The average Bonchev–Trinajstić information content (AvgIpc) is 2.74. The summed E-state index contributed by atoms with van der Waals surface area (Å²) in [6.07, 6.45) is 3.40. The summed E-state index contributed by atoms with van der Waals surface area (Å²) < 4.78 is 6.61. The fourth-order valence-corrected chi connectivity index (χ4v) is 4.61. The molecule has 0 unspecified atom stereocenters. The van der Waals surface area contributed by atoms with Gasteiger partial charge in [0, 0.05) is 37.9 Å². The molecule has 0 aromatic heterocycles. The van der Waals surface area contributed by atoms with Crippen molar-refractivity contribution in [2.45, 2.75) is 31.3 Å². The van der Waals surface area contributed by atoms with Gasteiger partial charge in [-0.05, 0) is 23.4 Å². The van der Waals surface area contributed by atoms with E-state index in [0.29, 0.717) is 6.42 Å². The fourth-order valence-electron chi connectivity index (χ4n) is 4.61. The Morgan fingerprint density at radius 2 is 1.64 bits per heavy atom. The molecule has 3 aromatic rings. The highest BCUT2D eigenvalue weighted by atomic mass is 16.5. The highest BCUT2D eigenvalue weighted by Gasteiger charge is 2.43. The third-order valence-electron chi connectivity index (χ3n) is 6.31. The summed E-state index contributed by atoms with van der Waals surface area (Å²) in [7, 11) is 0. The van der Waals surface area contributed by atoms with Crippen molar-refractivity contribution in [3.8, 4) is 5.75 Å². The summed E-state index contributed by atoms with van der Waals surface area (Å²) in [5.74, 6) is 1.02. The zero-order chi connectivity index (χ0) is 19.0. The summed E-state index contributed by atoms with van der Waals surface area (Å²) >= 11 is 0. The third-order valence-corrected chi connectivity index (χ3v) is 6.31. The van der Waals surface area contributed by atoms with E-state index >= 15 is 0 Å². The molecular formula is C25H25NO2. The van der Waals surface area contributed by atoms with Crippen LogP contribution in [-0.2, 0) is 6.42 Å². The summed E-state index contributed by atoms with van der Waals surface area (Å²) in [4.78, 5) is 15.4. The lowest BCUT2D eigenvalue weighted by atomic mass is 9.81. The highest BCUT2D eigenvalue weighted by molar-refractivity contribution is 6.06. The van der Waals surface area contributed by atoms with Gasteiger partial charge in [0.25, 0.3) is 0 Å². The Hall–Kier alpha value is -2.65. The van der Waals surface area contributed by atoms with Gasteiger partial charge < -0.3 is 9.64 Å². The van der Waals surface area contributed by atoms with Crippen molar-refractivity contribution in [3.63, 3.8) is 0 Å². The Kier molecular flexibility index (Phi) is 4.40. The highest BCUT2D eigenvalue weighted by Crippen LogP contribution is 2.42. The van der Waals surface area contributed by atoms with Crippen molar-refractivity contribution >= 4 is 16.6 Å². The van der Waals surface area contributed by atoms with Crippen molar-refractivity contribution in [2.75, 3.05) is 19.6 Å². The summed E-state index contributed by atoms with van der Waals surface area (Å²) in [5, 5.41) is 2.19. The van der Waals surface area contributed by atoms with Crippen LogP contribution in [0.5, 0.6) is 5.75 Å². The van der Waals surface area contributed by atoms with Gasteiger partial charge >= 0.3 is 0 Å². The van der Waals surface area contributed by atoms with Crippen molar-refractivity contribution in [1.29, 1.82) is 0 Å². The van der Waals surface area contributed by atoms with E-state index in [1.165, 1.54) is 5.56 Å². The number of likely N-dealkylation sites (tertiary alicyclic amines) is 1. The molecule has 28 heavy (non-hydrogen) atoms. The average molecular weight is 371 g/mol. The van der Waals surface area contributed by atoms with Crippen LogP contribution in [0.1, 0.15) is 35.2 Å². The number of ketones is 1. The quantitative estimate of drug-likeness (QED) is 0.657. The van der Waals surface area contributed by atoms with Crippen molar-refractivity contribution in [3.05, 3.63) is 77.9 Å². The van der Waals surface area contributed by atoms with E-state index in [4.69, 9.17) is 4.74 Å². The third kappa shape index (κ3) is 3.20. The molecule has 0 radical (unpaired) electrons. The Bertz CT molecular complexity index is 1000. The number of Topliss-reactive ketones (excluding diaryl/α,β-unsaturated/α-hetero) is 1. The number of nitrogens with zero attached hydrogens (tertiary/aromatic N) is 1. The van der Waals surface area contributed by atoms with Gasteiger partial charge in [0.15, 0.2) is 5.78 Å². The van der Waals surface area contributed by atoms with Gasteiger partial charge in [-0.25, -0.2) is 0 Å². The first-order chi connectivity index (χ1) is 13.7. The van der Waals surface area contributed by atoms with Gasteiger partial charge in [0.1, 0.15) is 11.4 Å². The standard InChI is InChI=1S/C25H25NO2/c27-23-18-25(28-24-21-9-5-4-8-20(21)10-11-22(23)24)13-16-26(17-14-25)15-12-19-6-2-1-3-7-19/h1-11H,12-18H2. The predicted octanol–water partition coefficient (Wildman–Crippen LogP) is 4.88. The van der Waals surface area contributed by atoms with Crippen LogP contribution in [0.2, 0.25) is 0 Å². The molecule has 0 bridgehead atoms. The van der Waals surface area contributed by atoms with Gasteiger partial charge in [0.2, 0.25) is 0 Å². The Morgan fingerprint density at radius 1 is 0.893 bits per heavy atom. The van der Waals surface area contributed by atoms with E-state index in [1.807, 2.05) is 24.3 Å². The molecule has 0 atom stereocenters. The number of carbonyl (C=O) groups excluding carboxylic acids is 1. The lowest BCUT2D eigenvalue weighted by Gasteiger charge is -2.44. The first-order valence-corrected chi connectivity index (χ1v) is 10.2. The number of ether oxygens (including phenoxy) is 1. The first-order valence-electron chi connectivity index (χ1n) is 10.2. The molecule has 0 aliphatic carbocycles. The van der Waals surface area contributed by atoms with Gasteiger partial charge in [-0.1, -0.05) is 60.7 Å². The SMILES string of the molecule is O=C1CC2(CCN(CCc3ccccc3)CC2)Oc2c1ccc1ccccc21. The number of carbonyl (C=O) groups is 1. The maximum atomic E-state index is 12.9. The molecule has 0 N–H and O–H groups in total. The van der Waals surface area contributed by atoms with Crippen LogP contribution in [-0.4, -0.2) is 35.9 Å². The van der Waals surface area contributed by atoms with E-state index in [-0.39, 0.29) is 11.4 Å². The molecule has 0 amide bonds. The molecule has 2 aliphatic heterocycles. The molecule has 0 saturated carbocycles. The van der Waals surface area contributed by atoms with Crippen molar-refractivity contribution < 1.29 is 9.53 Å². The number of hydrogen-bond donors (Lipinski definition) is 0. The zero-order valence-corrected chi connectivity index (χ0v) is 16.1. The molecule has 1 spiro atoms. The van der Waals surface area contributed by atoms with Crippen LogP contribution in [0.3, 0.4) is 0 Å². The Balaban J connectivity index is 1.31. The zero-order valence-electron chi connectivity index (χ0n) is 16.1. The smallest absolute Gasteiger partial charge is 0.170 e. The number of hydrogen-bond acceptors (Lipinski definition) is 3. The lowest BCUT2D eigenvalue weighted by Crippen LogP contribution is -2.51. The van der Waals surface area contributed by atoms with Gasteiger partial charge in [-0.15, -0.1) is 0 Å². The molecule has 2 heterocycles. The van der Waals surface area contributed by atoms with Crippen LogP contribution >= 0.6 is 0 Å². The minimum atomic E-state index is -0.336. The number of fused-ring (bicyclic) bond motifs is 3. The fraction of sp³-hybridized carbons (Fsp3) is 0.320. The van der Waals surface area contributed by atoms with Crippen LogP contribution in [0.15, 0.2) is 66.7 Å². The minimum absolute atomic E-state index is 0.227. The predicted molar refractivity (Wildman–Crippen MR) is 112 cm³/mol. The molecule has 2 aliphatic rings. The van der Waals surface area contributed by atoms with Gasteiger partial charge in [-0.3, -0.25) is 4.79 Å². The lowest BCUT2D eigenvalue weighted by molar-refractivity contribution is -0.00754. The van der Waals surface area contributed by atoms with Crippen molar-refractivity contribution in [2.24, 2.45) is 0 Å². The number of rotatable bonds is 3. The largest absolute Gasteiger partial charge is 0.485 e. The second-order valence-electron chi connectivity index (χ2n) is 8.13. The second-order valence-corrected chi connectivity index (χ2v) is 8.13. The number of piperidine rings is 1. The van der Waals surface area contributed by atoms with Gasteiger partial charge in [-0.2, -0.15) is 0 Å². The Morgan fingerprint density at radius 3 is 2.46 bits per heavy atom. The van der Waals surface area contributed by atoms with Crippen LogP contribution in [0, 0.1) is 0 Å². The van der Waals surface area contributed by atoms with Crippen molar-refractivity contribution in [1.82, 2.24) is 4.90 Å². The molecule has 1 saturated heterocycles. The monoisotopic (exact) mass is 371 g/mol. The van der Waals surface area contributed by atoms with E-state index in [9.17, 15) is 4.79 Å². The van der Waals surface area contributed by atoms with Crippen LogP contribution < -0.4 is 4.74 Å². The second kappa shape index (κ2) is 7.06. The first kappa shape index (κ1) is 17.4. The topological polar surface area (TPSA) is 29.5 Å². The maximum absolute atomic E-state index is 12.9. The molecular weight excluding hydrogens is 346 g/mol. The van der Waals surface area contributed by atoms with E-state index in [0.717, 1.165) is 61.0 Å². The van der Waals surface area contributed by atoms with E-state index < -0.39 is 0 Å². The molecule has 1 fully saturated rings. The van der Waals surface area contributed by atoms with E-state index in [2.05, 4.69) is 47.4 Å². The van der Waals surface area contributed by atoms with Crippen LogP contribution in [0.25, 0.3) is 10.8 Å². The van der Waals surface area contributed by atoms with Gasteiger partial charge in [0.05, 0.1) is 12.0 Å². The molecule has 3 heteroatoms. The summed E-state index contributed by atoms with van der Waals surface area (Å²) in [6.45, 7) is 3.04. The Labute approximate surface area is 165 Å². The minimum Gasteiger partial charge on any atom is -0.485 e. The molecule has 142 valence electrons.